The van der Waals surface area contributed by atoms with Crippen LogP contribution in [0, 0.1) is 12.8 Å². The highest BCUT2D eigenvalue weighted by atomic mass is 14.9. The molecular formula is C16H26N2. The molecule has 1 unspecified atom stereocenters. The van der Waals surface area contributed by atoms with E-state index in [2.05, 4.69) is 55.9 Å². The van der Waals surface area contributed by atoms with Gasteiger partial charge in [-0.2, -0.15) is 0 Å². The van der Waals surface area contributed by atoms with Crippen LogP contribution in [0.4, 0.5) is 0 Å². The van der Waals surface area contributed by atoms with Crippen LogP contribution in [-0.4, -0.2) is 20.1 Å². The van der Waals surface area contributed by atoms with Gasteiger partial charge in [-0.25, -0.2) is 0 Å². The summed E-state index contributed by atoms with van der Waals surface area (Å²) in [7, 11) is 4.18. The number of hydrogen-bond donors (Lipinski definition) is 2. The van der Waals surface area contributed by atoms with Crippen LogP contribution in [0.2, 0.25) is 0 Å². The molecule has 1 fully saturated rings. The summed E-state index contributed by atoms with van der Waals surface area (Å²) >= 11 is 0. The zero-order valence-electron chi connectivity index (χ0n) is 11.9. The van der Waals surface area contributed by atoms with Crippen molar-refractivity contribution in [3.63, 3.8) is 0 Å². The van der Waals surface area contributed by atoms with Gasteiger partial charge in [0, 0.05) is 12.1 Å². The molecule has 1 saturated carbocycles. The molecule has 18 heavy (non-hydrogen) atoms. The summed E-state index contributed by atoms with van der Waals surface area (Å²) < 4.78 is 0. The lowest BCUT2D eigenvalue weighted by atomic mass is 9.78. The van der Waals surface area contributed by atoms with Crippen LogP contribution in [0.25, 0.3) is 0 Å². The smallest absolute Gasteiger partial charge is 0.0348 e. The molecule has 0 aromatic heterocycles. The Hall–Kier alpha value is -0.860. The van der Waals surface area contributed by atoms with Gasteiger partial charge in [0.2, 0.25) is 0 Å². The van der Waals surface area contributed by atoms with Gasteiger partial charge in [0.15, 0.2) is 0 Å². The molecule has 1 aliphatic rings. The molecule has 0 spiro atoms. The molecule has 2 heteroatoms. The minimum Gasteiger partial charge on any atom is -0.317 e. The summed E-state index contributed by atoms with van der Waals surface area (Å²) in [6.45, 7) is 2.22. The molecule has 2 nitrogen and oxygen atoms in total. The van der Waals surface area contributed by atoms with Crippen LogP contribution in [0.1, 0.15) is 42.9 Å². The molecule has 0 radical (unpaired) electrons. The number of rotatable bonds is 4. The third kappa shape index (κ3) is 2.93. The summed E-state index contributed by atoms with van der Waals surface area (Å²) in [5.74, 6) is 0.778. The molecular weight excluding hydrogens is 220 g/mol. The summed E-state index contributed by atoms with van der Waals surface area (Å²) in [6, 6.07) is 10.0. The van der Waals surface area contributed by atoms with Crippen LogP contribution in [0.15, 0.2) is 24.3 Å². The van der Waals surface area contributed by atoms with Gasteiger partial charge in [-0.15, -0.1) is 0 Å². The van der Waals surface area contributed by atoms with Crippen LogP contribution < -0.4 is 10.6 Å². The Morgan fingerprint density at radius 2 is 1.72 bits per heavy atom. The van der Waals surface area contributed by atoms with Crippen molar-refractivity contribution in [1.82, 2.24) is 10.6 Å². The van der Waals surface area contributed by atoms with E-state index in [-0.39, 0.29) is 0 Å². The van der Waals surface area contributed by atoms with Crippen molar-refractivity contribution in [2.24, 2.45) is 5.92 Å². The Morgan fingerprint density at radius 3 is 2.28 bits per heavy atom. The van der Waals surface area contributed by atoms with Crippen LogP contribution in [0.3, 0.4) is 0 Å². The maximum atomic E-state index is 3.54. The van der Waals surface area contributed by atoms with E-state index in [4.69, 9.17) is 0 Å². The fraction of sp³-hybridized carbons (Fsp3) is 0.625. The molecule has 1 aromatic carbocycles. The Balaban J connectivity index is 2.08. The first-order chi connectivity index (χ1) is 8.76. The minimum absolute atomic E-state index is 0.518. The van der Waals surface area contributed by atoms with Crippen molar-refractivity contribution in [1.29, 1.82) is 0 Å². The highest BCUT2D eigenvalue weighted by Gasteiger charge is 2.27. The van der Waals surface area contributed by atoms with Crippen molar-refractivity contribution in [2.45, 2.75) is 44.7 Å². The quantitative estimate of drug-likeness (QED) is 0.853. The predicted molar refractivity (Wildman–Crippen MR) is 77.8 cm³/mol. The molecule has 0 heterocycles. The van der Waals surface area contributed by atoms with E-state index in [1.54, 1.807) is 0 Å². The third-order valence-corrected chi connectivity index (χ3v) is 4.49. The summed E-state index contributed by atoms with van der Waals surface area (Å²) in [5, 5.41) is 6.95. The standard InChI is InChI=1S/C16H26N2/c1-12-6-4-5-7-15(12)16(18-3)13-8-10-14(17-2)11-9-13/h4-7,13-14,16-18H,8-11H2,1-3H3. The van der Waals surface area contributed by atoms with E-state index in [0.717, 1.165) is 12.0 Å². The van der Waals surface area contributed by atoms with Crippen LogP contribution in [-0.2, 0) is 0 Å². The van der Waals surface area contributed by atoms with Crippen LogP contribution in [0.5, 0.6) is 0 Å². The fourth-order valence-electron chi connectivity index (χ4n) is 3.32. The number of benzene rings is 1. The van der Waals surface area contributed by atoms with Crippen molar-refractivity contribution in [2.75, 3.05) is 14.1 Å². The molecule has 1 aliphatic carbocycles. The lowest BCUT2D eigenvalue weighted by Gasteiger charge is -2.34. The minimum atomic E-state index is 0.518. The SMILES string of the molecule is CNC1CCC(C(NC)c2ccccc2C)CC1. The summed E-state index contributed by atoms with van der Waals surface area (Å²) in [6.07, 6.45) is 5.27. The normalized spacial score (nSPS) is 25.9. The first kappa shape index (κ1) is 13.6. The van der Waals surface area contributed by atoms with Crippen molar-refractivity contribution < 1.29 is 0 Å². The molecule has 100 valence electrons. The average Bonchev–Trinajstić information content (AvgIpc) is 2.42. The summed E-state index contributed by atoms with van der Waals surface area (Å²) in [4.78, 5) is 0. The van der Waals surface area contributed by atoms with Gasteiger partial charge in [0.05, 0.1) is 0 Å². The first-order valence-corrected chi connectivity index (χ1v) is 7.16. The zero-order valence-corrected chi connectivity index (χ0v) is 11.9. The van der Waals surface area contributed by atoms with Gasteiger partial charge < -0.3 is 10.6 Å². The monoisotopic (exact) mass is 246 g/mol. The van der Waals surface area contributed by atoms with Gasteiger partial charge in [-0.05, 0) is 63.7 Å². The number of nitrogens with one attached hydrogen (secondary N) is 2. The predicted octanol–water partition coefficient (Wildman–Crippen LogP) is 3.03. The van der Waals surface area contributed by atoms with E-state index in [9.17, 15) is 0 Å². The Bertz CT molecular complexity index is 367. The van der Waals surface area contributed by atoms with Gasteiger partial charge in [-0.1, -0.05) is 24.3 Å². The lowest BCUT2D eigenvalue weighted by molar-refractivity contribution is 0.247. The van der Waals surface area contributed by atoms with E-state index in [1.165, 1.54) is 36.8 Å². The maximum absolute atomic E-state index is 3.54. The third-order valence-electron chi connectivity index (χ3n) is 4.49. The second-order valence-corrected chi connectivity index (χ2v) is 5.52. The second-order valence-electron chi connectivity index (χ2n) is 5.52. The van der Waals surface area contributed by atoms with Gasteiger partial charge in [0.25, 0.3) is 0 Å². The molecule has 0 saturated heterocycles. The van der Waals surface area contributed by atoms with Crippen molar-refractivity contribution >= 4 is 0 Å². The molecule has 0 aliphatic heterocycles. The summed E-state index contributed by atoms with van der Waals surface area (Å²) in [5.41, 5.74) is 2.89. The van der Waals surface area contributed by atoms with E-state index in [1.807, 2.05) is 0 Å². The molecule has 2 N–H and O–H groups in total. The molecule has 0 amide bonds. The average molecular weight is 246 g/mol. The maximum Gasteiger partial charge on any atom is 0.0348 e. The van der Waals surface area contributed by atoms with Gasteiger partial charge in [-0.3, -0.25) is 0 Å². The zero-order chi connectivity index (χ0) is 13.0. The molecule has 2 rings (SSSR count). The van der Waals surface area contributed by atoms with E-state index >= 15 is 0 Å². The highest BCUT2D eigenvalue weighted by Crippen LogP contribution is 2.35. The molecule has 1 aromatic rings. The van der Waals surface area contributed by atoms with Gasteiger partial charge >= 0.3 is 0 Å². The Morgan fingerprint density at radius 1 is 1.06 bits per heavy atom. The molecule has 0 bridgehead atoms. The fourth-order valence-corrected chi connectivity index (χ4v) is 3.32. The largest absolute Gasteiger partial charge is 0.317 e. The first-order valence-electron chi connectivity index (χ1n) is 7.16. The lowest BCUT2D eigenvalue weighted by Crippen LogP contribution is -2.35. The van der Waals surface area contributed by atoms with Crippen molar-refractivity contribution in [3.05, 3.63) is 35.4 Å². The molecule has 1 atom stereocenters. The number of aryl methyl sites for hydroxylation is 1. The Kier molecular flexibility index (Phi) is 4.79. The Labute approximate surface area is 111 Å². The van der Waals surface area contributed by atoms with Gasteiger partial charge in [0.1, 0.15) is 0 Å². The van der Waals surface area contributed by atoms with E-state index < -0.39 is 0 Å². The highest BCUT2D eigenvalue weighted by molar-refractivity contribution is 5.29. The topological polar surface area (TPSA) is 24.1 Å². The van der Waals surface area contributed by atoms with Crippen molar-refractivity contribution in [3.8, 4) is 0 Å². The second kappa shape index (κ2) is 6.35. The van der Waals surface area contributed by atoms with E-state index in [0.29, 0.717) is 6.04 Å². The number of hydrogen-bond acceptors (Lipinski definition) is 2. The van der Waals surface area contributed by atoms with Crippen LogP contribution >= 0.6 is 0 Å².